The maximum absolute atomic E-state index is 12.4. The van der Waals surface area contributed by atoms with Crippen LogP contribution >= 0.6 is 11.3 Å². The lowest BCUT2D eigenvalue weighted by molar-refractivity contribution is -0.384. The van der Waals surface area contributed by atoms with Crippen molar-refractivity contribution in [2.45, 2.75) is 26.8 Å². The van der Waals surface area contributed by atoms with Gasteiger partial charge in [0.2, 0.25) is 0 Å². The van der Waals surface area contributed by atoms with E-state index in [1.54, 1.807) is 13.0 Å². The molecule has 3 aromatic rings. The third kappa shape index (κ3) is 4.71. The molecule has 10 heteroatoms. The van der Waals surface area contributed by atoms with E-state index in [2.05, 4.69) is 15.7 Å². The number of aromatic nitrogens is 2. The Bertz CT molecular complexity index is 1090. The van der Waals surface area contributed by atoms with Crippen molar-refractivity contribution in [1.29, 1.82) is 0 Å². The number of anilines is 1. The summed E-state index contributed by atoms with van der Waals surface area (Å²) in [5, 5.41) is 22.6. The zero-order chi connectivity index (χ0) is 21.8. The van der Waals surface area contributed by atoms with Gasteiger partial charge in [-0.2, -0.15) is 5.10 Å². The minimum Gasteiger partial charge on any atom is -0.345 e. The highest BCUT2D eigenvalue weighted by Crippen LogP contribution is 2.26. The third-order valence-corrected chi connectivity index (χ3v) is 5.45. The fourth-order valence-corrected chi connectivity index (χ4v) is 3.91. The van der Waals surface area contributed by atoms with Gasteiger partial charge in [0.25, 0.3) is 5.69 Å². The number of carbonyl (C=O) groups excluding carboxylic acids is 2. The number of rotatable bonds is 6. The number of nitro benzene ring substituents is 1. The minimum atomic E-state index is -0.972. The molecule has 0 radical (unpaired) electrons. The van der Waals surface area contributed by atoms with Crippen molar-refractivity contribution < 1.29 is 14.5 Å². The van der Waals surface area contributed by atoms with Gasteiger partial charge in [-0.05, 0) is 49.9 Å². The first-order valence-electron chi connectivity index (χ1n) is 9.16. The van der Waals surface area contributed by atoms with E-state index in [0.717, 1.165) is 16.3 Å². The molecule has 3 rings (SSSR count). The van der Waals surface area contributed by atoms with Gasteiger partial charge in [-0.15, -0.1) is 11.3 Å². The van der Waals surface area contributed by atoms with Crippen LogP contribution in [0.5, 0.6) is 0 Å². The van der Waals surface area contributed by atoms with Crippen molar-refractivity contribution in [1.82, 2.24) is 15.1 Å². The summed E-state index contributed by atoms with van der Waals surface area (Å²) >= 11 is 1.53. The summed E-state index contributed by atoms with van der Waals surface area (Å²) in [5.74, 6) is -1.85. The third-order valence-electron chi connectivity index (χ3n) is 4.47. The second-order valence-corrected chi connectivity index (χ2v) is 7.82. The summed E-state index contributed by atoms with van der Waals surface area (Å²) in [6, 6.07) is 9.87. The van der Waals surface area contributed by atoms with Crippen LogP contribution in [0.25, 0.3) is 0 Å². The normalized spacial score (nSPS) is 11.7. The van der Waals surface area contributed by atoms with Crippen LogP contribution in [0.15, 0.2) is 41.8 Å². The van der Waals surface area contributed by atoms with Crippen LogP contribution in [0.1, 0.15) is 27.9 Å². The summed E-state index contributed by atoms with van der Waals surface area (Å²) in [5.41, 5.74) is 2.16. The van der Waals surface area contributed by atoms with Gasteiger partial charge < -0.3 is 10.6 Å². The topological polar surface area (TPSA) is 119 Å². The Morgan fingerprint density at radius 1 is 1.20 bits per heavy atom. The second-order valence-electron chi connectivity index (χ2n) is 6.84. The van der Waals surface area contributed by atoms with Gasteiger partial charge in [0, 0.05) is 23.2 Å². The van der Waals surface area contributed by atoms with Crippen molar-refractivity contribution in [3.63, 3.8) is 0 Å². The Balaban J connectivity index is 1.72. The van der Waals surface area contributed by atoms with Gasteiger partial charge in [-0.3, -0.25) is 24.4 Å². The van der Waals surface area contributed by atoms with Gasteiger partial charge >= 0.3 is 11.8 Å². The van der Waals surface area contributed by atoms with E-state index in [-0.39, 0.29) is 24.0 Å². The lowest BCUT2D eigenvalue weighted by atomic mass is 10.2. The molecule has 0 aliphatic carbocycles. The zero-order valence-corrected chi connectivity index (χ0v) is 17.5. The SMILES string of the molecule is Cc1ccc(NC(=O)C(=O)NCC(c2cccs2)n2nc(C)cc2C)c([N+](=O)[O-])c1. The average molecular weight is 427 g/mol. The number of hydrogen-bond donors (Lipinski definition) is 2. The van der Waals surface area contributed by atoms with E-state index in [1.807, 2.05) is 42.1 Å². The highest BCUT2D eigenvalue weighted by Gasteiger charge is 2.23. The number of carbonyl (C=O) groups is 2. The molecule has 0 aliphatic rings. The van der Waals surface area contributed by atoms with E-state index in [0.29, 0.717) is 5.56 Å². The van der Waals surface area contributed by atoms with Crippen LogP contribution in [0.3, 0.4) is 0 Å². The van der Waals surface area contributed by atoms with Crippen molar-refractivity contribution >= 4 is 34.5 Å². The van der Waals surface area contributed by atoms with Crippen LogP contribution in [-0.4, -0.2) is 33.1 Å². The highest BCUT2D eigenvalue weighted by atomic mass is 32.1. The predicted molar refractivity (Wildman–Crippen MR) is 114 cm³/mol. The first-order valence-corrected chi connectivity index (χ1v) is 10.0. The van der Waals surface area contributed by atoms with Crippen molar-refractivity contribution in [3.05, 3.63) is 73.7 Å². The Morgan fingerprint density at radius 3 is 2.57 bits per heavy atom. The number of nitrogens with zero attached hydrogens (tertiary/aromatic N) is 3. The number of thiophene rings is 1. The van der Waals surface area contributed by atoms with Gasteiger partial charge in [-0.25, -0.2) is 0 Å². The molecule has 1 atom stereocenters. The van der Waals surface area contributed by atoms with E-state index in [4.69, 9.17) is 0 Å². The summed E-state index contributed by atoms with van der Waals surface area (Å²) in [4.78, 5) is 36.3. The maximum atomic E-state index is 12.4. The molecule has 2 aromatic heterocycles. The Kier molecular flexibility index (Phi) is 6.26. The monoisotopic (exact) mass is 427 g/mol. The van der Waals surface area contributed by atoms with Crippen molar-refractivity contribution in [2.75, 3.05) is 11.9 Å². The lowest BCUT2D eigenvalue weighted by Gasteiger charge is -2.18. The van der Waals surface area contributed by atoms with Crippen LogP contribution in [0.4, 0.5) is 11.4 Å². The molecule has 2 heterocycles. The van der Waals surface area contributed by atoms with Crippen molar-refractivity contribution in [2.24, 2.45) is 0 Å². The maximum Gasteiger partial charge on any atom is 0.313 e. The molecule has 0 fully saturated rings. The fourth-order valence-electron chi connectivity index (χ4n) is 3.10. The Hall–Kier alpha value is -3.53. The molecule has 0 saturated heterocycles. The van der Waals surface area contributed by atoms with Crippen LogP contribution < -0.4 is 10.6 Å². The zero-order valence-electron chi connectivity index (χ0n) is 16.7. The molecule has 0 saturated carbocycles. The minimum absolute atomic E-state index is 0.0286. The number of nitrogens with one attached hydrogen (secondary N) is 2. The largest absolute Gasteiger partial charge is 0.345 e. The average Bonchev–Trinajstić information content (AvgIpc) is 3.33. The van der Waals surface area contributed by atoms with Gasteiger partial charge in [0.05, 0.1) is 10.6 Å². The molecule has 9 nitrogen and oxygen atoms in total. The van der Waals surface area contributed by atoms with Gasteiger partial charge in [0.1, 0.15) is 11.7 Å². The summed E-state index contributed by atoms with van der Waals surface area (Å²) in [6.45, 7) is 5.65. The molecule has 0 aliphatic heterocycles. The summed E-state index contributed by atoms with van der Waals surface area (Å²) in [6.07, 6.45) is 0. The molecule has 2 N–H and O–H groups in total. The van der Waals surface area contributed by atoms with Crippen LogP contribution in [0, 0.1) is 30.9 Å². The number of benzene rings is 1. The predicted octanol–water partition coefficient (Wildman–Crippen LogP) is 3.12. The Labute approximate surface area is 176 Å². The second kappa shape index (κ2) is 8.87. The fraction of sp³-hybridized carbons (Fsp3) is 0.250. The van der Waals surface area contributed by atoms with Crippen molar-refractivity contribution in [3.8, 4) is 0 Å². The van der Waals surface area contributed by atoms with E-state index in [1.165, 1.54) is 23.5 Å². The Morgan fingerprint density at radius 2 is 1.97 bits per heavy atom. The number of amides is 2. The summed E-state index contributed by atoms with van der Waals surface area (Å²) in [7, 11) is 0. The summed E-state index contributed by atoms with van der Waals surface area (Å²) < 4.78 is 1.81. The standard InChI is InChI=1S/C20H21N5O4S/c1-12-6-7-15(16(9-12)25(28)29)22-20(27)19(26)21-11-17(18-5-4-8-30-18)24-14(3)10-13(2)23-24/h4-10,17H,11H2,1-3H3,(H,21,26)(H,22,27). The van der Waals surface area contributed by atoms with Crippen LogP contribution in [-0.2, 0) is 9.59 Å². The lowest BCUT2D eigenvalue weighted by Crippen LogP contribution is -2.39. The van der Waals surface area contributed by atoms with Gasteiger partial charge in [-0.1, -0.05) is 12.1 Å². The molecule has 1 unspecified atom stereocenters. The van der Waals surface area contributed by atoms with E-state index < -0.39 is 16.7 Å². The number of aryl methyl sites for hydroxylation is 3. The molecular weight excluding hydrogens is 406 g/mol. The quantitative estimate of drug-likeness (QED) is 0.356. The molecule has 0 spiro atoms. The smallest absolute Gasteiger partial charge is 0.313 e. The molecular formula is C20H21N5O4S. The van der Waals surface area contributed by atoms with E-state index in [9.17, 15) is 19.7 Å². The molecule has 30 heavy (non-hydrogen) atoms. The van der Waals surface area contributed by atoms with E-state index >= 15 is 0 Å². The number of nitro groups is 1. The molecule has 2 amide bonds. The molecule has 156 valence electrons. The van der Waals surface area contributed by atoms with Crippen LogP contribution in [0.2, 0.25) is 0 Å². The molecule has 0 bridgehead atoms. The molecule has 1 aromatic carbocycles. The van der Waals surface area contributed by atoms with Gasteiger partial charge in [0.15, 0.2) is 0 Å². The number of hydrogen-bond acceptors (Lipinski definition) is 6. The first-order chi connectivity index (χ1) is 14.3. The first kappa shape index (κ1) is 21.2. The highest BCUT2D eigenvalue weighted by molar-refractivity contribution is 7.10.